The van der Waals surface area contributed by atoms with Gasteiger partial charge in [0.05, 0.1) is 0 Å². The lowest BCUT2D eigenvalue weighted by atomic mass is 9.82. The molecule has 1 saturated heterocycles. The average molecular weight is 211 g/mol. The Morgan fingerprint density at radius 2 is 2.13 bits per heavy atom. The lowest BCUT2D eigenvalue weighted by Gasteiger charge is -2.33. The van der Waals surface area contributed by atoms with E-state index in [9.17, 15) is 0 Å². The molecule has 84 valence electrons. The fourth-order valence-electron chi connectivity index (χ4n) is 1.70. The third-order valence-electron chi connectivity index (χ3n) is 2.89. The van der Waals surface area contributed by atoms with Gasteiger partial charge in [0.15, 0.2) is 5.82 Å². The Morgan fingerprint density at radius 1 is 1.40 bits per heavy atom. The van der Waals surface area contributed by atoms with Gasteiger partial charge in [-0.25, -0.2) is 0 Å². The van der Waals surface area contributed by atoms with Crippen LogP contribution in [0.1, 0.15) is 25.6 Å². The number of rotatable bonds is 3. The fourth-order valence-corrected chi connectivity index (χ4v) is 1.70. The van der Waals surface area contributed by atoms with Gasteiger partial charge in [-0.15, -0.1) is 0 Å². The van der Waals surface area contributed by atoms with Crippen molar-refractivity contribution in [2.75, 3.05) is 25.1 Å². The molecule has 1 N–H and O–H groups in total. The van der Waals surface area contributed by atoms with Crippen LogP contribution >= 0.6 is 0 Å². The van der Waals surface area contributed by atoms with Crippen LogP contribution in [0.3, 0.4) is 0 Å². The van der Waals surface area contributed by atoms with Crippen LogP contribution in [0, 0.1) is 12.3 Å². The monoisotopic (exact) mass is 211 g/mol. The summed E-state index contributed by atoms with van der Waals surface area (Å²) in [5.41, 5.74) is 0.278. The molecule has 2 heterocycles. The first-order chi connectivity index (χ1) is 7.18. The zero-order chi connectivity index (χ0) is 10.7. The highest BCUT2D eigenvalue weighted by atomic mass is 16.5. The Balaban J connectivity index is 1.86. The van der Waals surface area contributed by atoms with Crippen LogP contribution in [0.2, 0.25) is 0 Å². The zero-order valence-electron chi connectivity index (χ0n) is 9.25. The number of nitrogens with one attached hydrogen (secondary N) is 1. The van der Waals surface area contributed by atoms with E-state index in [1.165, 1.54) is 0 Å². The Hall–Kier alpha value is -1.10. The molecule has 0 bridgehead atoms. The normalized spacial score (nSPS) is 20.1. The van der Waals surface area contributed by atoms with Crippen molar-refractivity contribution >= 4 is 6.01 Å². The van der Waals surface area contributed by atoms with Crippen LogP contribution < -0.4 is 5.32 Å². The van der Waals surface area contributed by atoms with Crippen molar-refractivity contribution in [3.05, 3.63) is 5.82 Å². The van der Waals surface area contributed by atoms with Crippen LogP contribution in [0.4, 0.5) is 6.01 Å². The summed E-state index contributed by atoms with van der Waals surface area (Å²) in [4.78, 5) is 4.11. The fraction of sp³-hybridized carbons (Fsp3) is 0.800. The average Bonchev–Trinajstić information content (AvgIpc) is 2.63. The molecule has 0 amide bonds. The maximum absolute atomic E-state index is 5.34. The van der Waals surface area contributed by atoms with Gasteiger partial charge in [0, 0.05) is 19.8 Å². The van der Waals surface area contributed by atoms with Gasteiger partial charge in [0.25, 0.3) is 0 Å². The second-order valence-corrected chi connectivity index (χ2v) is 4.42. The summed E-state index contributed by atoms with van der Waals surface area (Å²) in [6.45, 7) is 6.62. The Labute approximate surface area is 89.2 Å². The standard InChI is InChI=1S/C10H17N3O2/c1-8-12-9(15-13-8)11-7-10(2)3-5-14-6-4-10/h3-7H2,1-2H3,(H,11,12,13). The Morgan fingerprint density at radius 3 is 2.73 bits per heavy atom. The van der Waals surface area contributed by atoms with Crippen LogP contribution in [0.15, 0.2) is 4.52 Å². The van der Waals surface area contributed by atoms with Crippen molar-refractivity contribution in [2.45, 2.75) is 26.7 Å². The highest BCUT2D eigenvalue weighted by molar-refractivity contribution is 5.18. The molecule has 0 aliphatic carbocycles. The van der Waals surface area contributed by atoms with Gasteiger partial charge in [0.1, 0.15) is 0 Å². The molecule has 2 rings (SSSR count). The van der Waals surface area contributed by atoms with Gasteiger partial charge in [-0.05, 0) is 25.2 Å². The van der Waals surface area contributed by atoms with Crippen molar-refractivity contribution in [3.63, 3.8) is 0 Å². The van der Waals surface area contributed by atoms with Crippen LogP contribution in [0.25, 0.3) is 0 Å². The topological polar surface area (TPSA) is 60.2 Å². The van der Waals surface area contributed by atoms with E-state index < -0.39 is 0 Å². The van der Waals surface area contributed by atoms with Crippen molar-refractivity contribution in [1.82, 2.24) is 10.1 Å². The van der Waals surface area contributed by atoms with Gasteiger partial charge in [-0.3, -0.25) is 0 Å². The van der Waals surface area contributed by atoms with Crippen LogP contribution in [-0.2, 0) is 4.74 Å². The number of aryl methyl sites for hydroxylation is 1. The molecular weight excluding hydrogens is 194 g/mol. The molecule has 1 fully saturated rings. The molecule has 1 aromatic rings. The molecule has 0 saturated carbocycles. The summed E-state index contributed by atoms with van der Waals surface area (Å²) in [6, 6.07) is 0.514. The number of nitrogens with zero attached hydrogens (tertiary/aromatic N) is 2. The second kappa shape index (κ2) is 4.18. The summed E-state index contributed by atoms with van der Waals surface area (Å²) in [7, 11) is 0. The smallest absolute Gasteiger partial charge is 0.321 e. The molecule has 0 spiro atoms. The predicted octanol–water partition coefficient (Wildman–Crippen LogP) is 1.61. The van der Waals surface area contributed by atoms with E-state index in [4.69, 9.17) is 9.26 Å². The molecule has 1 aliphatic rings. The van der Waals surface area contributed by atoms with E-state index >= 15 is 0 Å². The lowest BCUT2D eigenvalue weighted by Crippen LogP contribution is -2.33. The third kappa shape index (κ3) is 2.68. The SMILES string of the molecule is Cc1noc(NCC2(C)CCOCC2)n1. The highest BCUT2D eigenvalue weighted by Crippen LogP contribution is 2.29. The molecule has 0 aromatic carbocycles. The van der Waals surface area contributed by atoms with E-state index in [1.807, 2.05) is 6.92 Å². The molecule has 0 atom stereocenters. The third-order valence-corrected chi connectivity index (χ3v) is 2.89. The molecule has 1 aromatic heterocycles. The number of aromatic nitrogens is 2. The molecule has 0 radical (unpaired) electrons. The Kier molecular flexibility index (Phi) is 2.90. The summed E-state index contributed by atoms with van der Waals surface area (Å²) in [6.07, 6.45) is 2.15. The summed E-state index contributed by atoms with van der Waals surface area (Å²) in [5.74, 6) is 0.662. The molecule has 1 aliphatic heterocycles. The molecule has 5 nitrogen and oxygen atoms in total. The largest absolute Gasteiger partial charge is 0.381 e. The number of anilines is 1. The van der Waals surface area contributed by atoms with Crippen molar-refractivity contribution in [3.8, 4) is 0 Å². The van der Waals surface area contributed by atoms with E-state index in [0.717, 1.165) is 32.6 Å². The summed E-state index contributed by atoms with van der Waals surface area (Å²) in [5, 5.41) is 6.91. The van der Waals surface area contributed by atoms with Gasteiger partial charge in [-0.1, -0.05) is 12.1 Å². The Bertz CT molecular complexity index is 318. The van der Waals surface area contributed by atoms with Gasteiger partial charge >= 0.3 is 6.01 Å². The van der Waals surface area contributed by atoms with E-state index in [-0.39, 0.29) is 5.41 Å². The van der Waals surface area contributed by atoms with Crippen molar-refractivity contribution in [2.24, 2.45) is 5.41 Å². The first kappa shape index (κ1) is 10.4. The van der Waals surface area contributed by atoms with Gasteiger partial charge < -0.3 is 14.6 Å². The van der Waals surface area contributed by atoms with Crippen LogP contribution in [-0.4, -0.2) is 29.9 Å². The predicted molar refractivity (Wildman–Crippen MR) is 55.7 cm³/mol. The molecule has 15 heavy (non-hydrogen) atoms. The quantitative estimate of drug-likeness (QED) is 0.823. The number of ether oxygens (including phenoxy) is 1. The molecular formula is C10H17N3O2. The maximum atomic E-state index is 5.34. The van der Waals surface area contributed by atoms with Crippen molar-refractivity contribution < 1.29 is 9.26 Å². The first-order valence-corrected chi connectivity index (χ1v) is 5.30. The lowest BCUT2D eigenvalue weighted by molar-refractivity contribution is 0.0297. The van der Waals surface area contributed by atoms with Crippen molar-refractivity contribution in [1.29, 1.82) is 0 Å². The van der Waals surface area contributed by atoms with Gasteiger partial charge in [0.2, 0.25) is 0 Å². The minimum atomic E-state index is 0.278. The van der Waals surface area contributed by atoms with Crippen LogP contribution in [0.5, 0.6) is 0 Å². The van der Waals surface area contributed by atoms with E-state index in [2.05, 4.69) is 22.4 Å². The highest BCUT2D eigenvalue weighted by Gasteiger charge is 2.27. The maximum Gasteiger partial charge on any atom is 0.321 e. The zero-order valence-corrected chi connectivity index (χ0v) is 9.25. The number of hydrogen-bond donors (Lipinski definition) is 1. The number of hydrogen-bond acceptors (Lipinski definition) is 5. The summed E-state index contributed by atoms with van der Waals surface area (Å²) < 4.78 is 10.3. The molecule has 0 unspecified atom stereocenters. The second-order valence-electron chi connectivity index (χ2n) is 4.42. The minimum absolute atomic E-state index is 0.278. The van der Waals surface area contributed by atoms with E-state index in [1.54, 1.807) is 0 Å². The summed E-state index contributed by atoms with van der Waals surface area (Å²) >= 11 is 0. The van der Waals surface area contributed by atoms with E-state index in [0.29, 0.717) is 11.8 Å². The molecule has 5 heteroatoms. The first-order valence-electron chi connectivity index (χ1n) is 5.30. The van der Waals surface area contributed by atoms with Gasteiger partial charge in [-0.2, -0.15) is 4.98 Å². The minimum Gasteiger partial charge on any atom is -0.381 e.